The smallest absolute Gasteiger partial charge is 0.242 e. The van der Waals surface area contributed by atoms with Gasteiger partial charge in [-0.3, -0.25) is 9.59 Å². The average molecular weight is 447 g/mol. The van der Waals surface area contributed by atoms with Gasteiger partial charge in [0.15, 0.2) is 11.5 Å². The molecular weight excluding hydrogens is 416 g/mol. The predicted octanol–water partition coefficient (Wildman–Crippen LogP) is 3.33. The van der Waals surface area contributed by atoms with Crippen LogP contribution in [0.2, 0.25) is 0 Å². The Balaban J connectivity index is 1.61. The van der Waals surface area contributed by atoms with Gasteiger partial charge in [0.25, 0.3) is 0 Å². The third-order valence-electron chi connectivity index (χ3n) is 5.30. The summed E-state index contributed by atoms with van der Waals surface area (Å²) in [7, 11) is 3.19. The van der Waals surface area contributed by atoms with Crippen LogP contribution >= 0.6 is 0 Å². The van der Waals surface area contributed by atoms with Crippen LogP contribution in [0.5, 0.6) is 11.5 Å². The summed E-state index contributed by atoms with van der Waals surface area (Å²) in [6.07, 6.45) is 1.27. The molecule has 0 spiro atoms. The molecule has 0 aliphatic carbocycles. The minimum atomic E-state index is -0.658. The van der Waals surface area contributed by atoms with Gasteiger partial charge in [-0.25, -0.2) is 0 Å². The number of carbonyl (C=O) groups excluding carboxylic acids is 2. The zero-order valence-corrected chi connectivity index (χ0v) is 19.0. The van der Waals surface area contributed by atoms with Crippen LogP contribution in [-0.4, -0.2) is 38.6 Å². The zero-order valence-electron chi connectivity index (χ0n) is 19.0. The molecule has 3 rings (SSSR count). The summed E-state index contributed by atoms with van der Waals surface area (Å²) in [6, 6.07) is 24.2. The highest BCUT2D eigenvalue weighted by Crippen LogP contribution is 2.27. The lowest BCUT2D eigenvalue weighted by atomic mass is 10.0. The molecule has 0 aliphatic heterocycles. The Kier molecular flexibility index (Phi) is 8.88. The molecule has 3 aromatic rings. The molecule has 0 aromatic heterocycles. The van der Waals surface area contributed by atoms with Crippen molar-refractivity contribution in [2.45, 2.75) is 25.3 Å². The fourth-order valence-corrected chi connectivity index (χ4v) is 3.58. The van der Waals surface area contributed by atoms with Crippen LogP contribution in [0.3, 0.4) is 0 Å². The monoisotopic (exact) mass is 446 g/mol. The van der Waals surface area contributed by atoms with Gasteiger partial charge in [0, 0.05) is 13.0 Å². The molecule has 0 bridgehead atoms. The van der Waals surface area contributed by atoms with E-state index in [2.05, 4.69) is 10.6 Å². The second kappa shape index (κ2) is 12.3. The fraction of sp³-hybridized carbons (Fsp3) is 0.259. The van der Waals surface area contributed by atoms with Gasteiger partial charge in [-0.2, -0.15) is 0 Å². The number of nitrogens with one attached hydrogen (secondary N) is 2. The third kappa shape index (κ3) is 7.38. The summed E-state index contributed by atoms with van der Waals surface area (Å²) in [5, 5.41) is 5.87. The minimum absolute atomic E-state index is 0.183. The normalized spacial score (nSPS) is 11.3. The first-order valence-corrected chi connectivity index (χ1v) is 10.9. The van der Waals surface area contributed by atoms with Gasteiger partial charge in [-0.1, -0.05) is 66.7 Å². The van der Waals surface area contributed by atoms with Gasteiger partial charge in [-0.05, 0) is 35.2 Å². The van der Waals surface area contributed by atoms with Crippen molar-refractivity contribution in [3.63, 3.8) is 0 Å². The summed E-state index contributed by atoms with van der Waals surface area (Å²) in [4.78, 5) is 25.6. The molecule has 1 unspecified atom stereocenters. The molecule has 0 saturated carbocycles. The summed E-state index contributed by atoms with van der Waals surface area (Å²) in [5.41, 5.74) is 2.90. The molecule has 172 valence electrons. The largest absolute Gasteiger partial charge is 0.493 e. The van der Waals surface area contributed by atoms with E-state index in [1.807, 2.05) is 78.9 Å². The molecule has 33 heavy (non-hydrogen) atoms. The summed E-state index contributed by atoms with van der Waals surface area (Å²) in [5.74, 6) is 0.920. The molecule has 2 amide bonds. The van der Waals surface area contributed by atoms with Gasteiger partial charge in [0.05, 0.1) is 20.6 Å². The number of rotatable bonds is 11. The van der Waals surface area contributed by atoms with E-state index >= 15 is 0 Å². The van der Waals surface area contributed by atoms with Gasteiger partial charge in [-0.15, -0.1) is 0 Å². The first-order valence-electron chi connectivity index (χ1n) is 10.9. The maximum atomic E-state index is 13.0. The Morgan fingerprint density at radius 2 is 1.42 bits per heavy atom. The van der Waals surface area contributed by atoms with Crippen molar-refractivity contribution in [1.29, 1.82) is 0 Å². The molecule has 0 radical (unpaired) electrons. The third-order valence-corrected chi connectivity index (χ3v) is 5.30. The topological polar surface area (TPSA) is 76.7 Å². The van der Waals surface area contributed by atoms with Crippen molar-refractivity contribution in [3.8, 4) is 11.5 Å². The molecule has 0 heterocycles. The van der Waals surface area contributed by atoms with Gasteiger partial charge < -0.3 is 20.1 Å². The first kappa shape index (κ1) is 23.9. The number of amides is 2. The Hall–Kier alpha value is -3.80. The van der Waals surface area contributed by atoms with Crippen LogP contribution in [0.15, 0.2) is 78.9 Å². The highest BCUT2D eigenvalue weighted by atomic mass is 16.5. The van der Waals surface area contributed by atoms with E-state index in [0.717, 1.165) is 16.7 Å². The van der Waals surface area contributed by atoms with Gasteiger partial charge >= 0.3 is 0 Å². The van der Waals surface area contributed by atoms with Gasteiger partial charge in [0.2, 0.25) is 11.8 Å². The van der Waals surface area contributed by atoms with E-state index in [1.54, 1.807) is 14.2 Å². The van der Waals surface area contributed by atoms with Crippen LogP contribution in [0.4, 0.5) is 0 Å². The van der Waals surface area contributed by atoms with Crippen molar-refractivity contribution < 1.29 is 19.1 Å². The van der Waals surface area contributed by atoms with E-state index in [-0.39, 0.29) is 18.2 Å². The number of hydrogen-bond donors (Lipinski definition) is 2. The molecule has 1 atom stereocenters. The molecule has 0 fully saturated rings. The quantitative estimate of drug-likeness (QED) is 0.474. The van der Waals surface area contributed by atoms with Crippen LogP contribution in [0.1, 0.15) is 16.7 Å². The van der Waals surface area contributed by atoms with Crippen LogP contribution in [0.25, 0.3) is 0 Å². The highest BCUT2D eigenvalue weighted by molar-refractivity contribution is 5.88. The van der Waals surface area contributed by atoms with Crippen molar-refractivity contribution in [2.24, 2.45) is 0 Å². The summed E-state index contributed by atoms with van der Waals surface area (Å²) >= 11 is 0. The number of ether oxygens (including phenoxy) is 2. The van der Waals surface area contributed by atoms with E-state index in [1.165, 1.54) is 0 Å². The van der Waals surface area contributed by atoms with Crippen molar-refractivity contribution in [1.82, 2.24) is 10.6 Å². The molecular formula is C27H30N2O4. The second-order valence-electron chi connectivity index (χ2n) is 7.70. The molecule has 2 N–H and O–H groups in total. The lowest BCUT2D eigenvalue weighted by Gasteiger charge is -2.19. The van der Waals surface area contributed by atoms with Crippen LogP contribution in [-0.2, 0) is 28.9 Å². The summed E-state index contributed by atoms with van der Waals surface area (Å²) < 4.78 is 10.6. The Bertz CT molecular complexity index is 1040. The van der Waals surface area contributed by atoms with Crippen molar-refractivity contribution in [2.75, 3.05) is 20.8 Å². The molecule has 6 heteroatoms. The first-order chi connectivity index (χ1) is 16.1. The van der Waals surface area contributed by atoms with Crippen LogP contribution < -0.4 is 20.1 Å². The summed E-state index contributed by atoms with van der Waals surface area (Å²) in [6.45, 7) is 0.439. The van der Waals surface area contributed by atoms with Gasteiger partial charge in [0.1, 0.15) is 6.04 Å². The highest BCUT2D eigenvalue weighted by Gasteiger charge is 2.21. The molecule has 0 aliphatic rings. The van der Waals surface area contributed by atoms with Crippen molar-refractivity contribution in [3.05, 3.63) is 95.6 Å². The number of benzene rings is 3. The Morgan fingerprint density at radius 3 is 2.06 bits per heavy atom. The maximum absolute atomic E-state index is 13.0. The number of hydrogen-bond acceptors (Lipinski definition) is 4. The second-order valence-corrected chi connectivity index (χ2v) is 7.70. The fourth-order valence-electron chi connectivity index (χ4n) is 3.58. The Morgan fingerprint density at radius 1 is 0.788 bits per heavy atom. The lowest BCUT2D eigenvalue weighted by molar-refractivity contribution is -0.128. The minimum Gasteiger partial charge on any atom is -0.493 e. The zero-order chi connectivity index (χ0) is 23.5. The maximum Gasteiger partial charge on any atom is 0.242 e. The Labute approximate surface area is 194 Å². The van der Waals surface area contributed by atoms with E-state index in [4.69, 9.17) is 9.47 Å². The molecule has 6 nitrogen and oxygen atoms in total. The number of carbonyl (C=O) groups is 2. The SMILES string of the molecule is COc1ccc(CCNC(=O)C(Cc2ccccc2)NC(=O)Cc2ccccc2)cc1OC. The number of methoxy groups -OCH3 is 2. The predicted molar refractivity (Wildman–Crippen MR) is 128 cm³/mol. The van der Waals surface area contributed by atoms with E-state index in [0.29, 0.717) is 30.9 Å². The lowest BCUT2D eigenvalue weighted by Crippen LogP contribution is -2.48. The average Bonchev–Trinajstić information content (AvgIpc) is 2.84. The van der Waals surface area contributed by atoms with E-state index in [9.17, 15) is 9.59 Å². The van der Waals surface area contributed by atoms with Crippen LogP contribution in [0, 0.1) is 0 Å². The standard InChI is InChI=1S/C27H30N2O4/c1-32-24-14-13-22(18-25(24)33-2)15-16-28-27(31)23(17-20-9-5-3-6-10-20)29-26(30)19-21-11-7-4-8-12-21/h3-14,18,23H,15-17,19H2,1-2H3,(H,28,31)(H,29,30). The van der Waals surface area contributed by atoms with Crippen molar-refractivity contribution >= 4 is 11.8 Å². The van der Waals surface area contributed by atoms with E-state index < -0.39 is 6.04 Å². The molecule has 3 aromatic carbocycles. The molecule has 0 saturated heterocycles.